The number of hydrogen-bond acceptors (Lipinski definition) is 6. The maximum absolute atomic E-state index is 14.1. The molecule has 30 heavy (non-hydrogen) atoms. The van der Waals surface area contributed by atoms with Crippen molar-refractivity contribution in [2.45, 2.75) is 36.7 Å². The van der Waals surface area contributed by atoms with Crippen LogP contribution < -0.4 is 10.0 Å². The number of nitrogens with one attached hydrogen (secondary N) is 2. The van der Waals surface area contributed by atoms with Gasteiger partial charge in [0.05, 0.1) is 11.7 Å². The van der Waals surface area contributed by atoms with Crippen LogP contribution >= 0.6 is 11.3 Å². The maximum Gasteiger partial charge on any atom is 0.251 e. The number of carbonyl (C=O) groups is 1. The molecule has 0 spiro atoms. The van der Waals surface area contributed by atoms with Crippen molar-refractivity contribution in [2.24, 2.45) is 0 Å². The molecular weight excluding hydrogens is 427 g/mol. The smallest absolute Gasteiger partial charge is 0.251 e. The zero-order valence-corrected chi connectivity index (χ0v) is 17.6. The molecule has 10 heteroatoms. The minimum absolute atomic E-state index is 0.0588. The number of thiazole rings is 1. The molecule has 0 saturated heterocycles. The highest BCUT2D eigenvalue weighted by Crippen LogP contribution is 2.26. The molecule has 3 aromatic rings. The van der Waals surface area contributed by atoms with E-state index in [0.717, 1.165) is 36.2 Å². The Morgan fingerprint density at radius 3 is 2.80 bits per heavy atom. The molecule has 1 aliphatic rings. The Morgan fingerprint density at radius 2 is 2.10 bits per heavy atom. The molecule has 7 nitrogen and oxygen atoms in total. The van der Waals surface area contributed by atoms with E-state index in [1.165, 1.54) is 17.4 Å². The van der Waals surface area contributed by atoms with Gasteiger partial charge in [-0.05, 0) is 50.1 Å². The van der Waals surface area contributed by atoms with Crippen molar-refractivity contribution in [3.8, 4) is 11.3 Å². The quantitative estimate of drug-likeness (QED) is 0.580. The summed E-state index contributed by atoms with van der Waals surface area (Å²) in [4.78, 5) is 20.7. The predicted molar refractivity (Wildman–Crippen MR) is 111 cm³/mol. The molecule has 1 atom stereocenters. The SMILES string of the molecule is CC(NC(=O)c1ccc(F)c(S(=O)(=O)NC2CC2)c1)c1nc(-c2cccnc2)cs1. The molecule has 4 rings (SSSR count). The van der Waals surface area contributed by atoms with Crippen LogP contribution in [0.2, 0.25) is 0 Å². The second-order valence-corrected chi connectivity index (χ2v) is 9.62. The highest BCUT2D eigenvalue weighted by Gasteiger charge is 2.30. The first-order valence-electron chi connectivity index (χ1n) is 9.32. The molecule has 1 aromatic carbocycles. The summed E-state index contributed by atoms with van der Waals surface area (Å²) < 4.78 is 41.3. The minimum Gasteiger partial charge on any atom is -0.343 e. The third kappa shape index (κ3) is 4.55. The van der Waals surface area contributed by atoms with E-state index in [-0.39, 0.29) is 11.6 Å². The lowest BCUT2D eigenvalue weighted by Crippen LogP contribution is -2.29. The number of carbonyl (C=O) groups excluding carboxylic acids is 1. The van der Waals surface area contributed by atoms with Crippen molar-refractivity contribution in [1.29, 1.82) is 0 Å². The topological polar surface area (TPSA) is 101 Å². The fourth-order valence-electron chi connectivity index (χ4n) is 2.81. The molecule has 1 amide bonds. The summed E-state index contributed by atoms with van der Waals surface area (Å²) in [5.41, 5.74) is 1.68. The van der Waals surface area contributed by atoms with E-state index in [0.29, 0.717) is 5.01 Å². The lowest BCUT2D eigenvalue weighted by Gasteiger charge is -2.13. The van der Waals surface area contributed by atoms with Crippen molar-refractivity contribution >= 4 is 27.3 Å². The van der Waals surface area contributed by atoms with Gasteiger partial charge in [0.2, 0.25) is 10.0 Å². The average Bonchev–Trinajstić information content (AvgIpc) is 3.38. The summed E-state index contributed by atoms with van der Waals surface area (Å²) in [5.74, 6) is -1.41. The van der Waals surface area contributed by atoms with Crippen molar-refractivity contribution in [3.05, 3.63) is 64.5 Å². The molecule has 2 N–H and O–H groups in total. The normalized spacial score (nSPS) is 15.0. The van der Waals surface area contributed by atoms with Gasteiger partial charge in [-0.25, -0.2) is 22.5 Å². The summed E-state index contributed by atoms with van der Waals surface area (Å²) in [6.45, 7) is 1.78. The van der Waals surface area contributed by atoms with Crippen LogP contribution in [0.5, 0.6) is 0 Å². The molecule has 0 aliphatic heterocycles. The van der Waals surface area contributed by atoms with Crippen LogP contribution in [0.15, 0.2) is 53.0 Å². The molecule has 2 aromatic heterocycles. The number of pyridine rings is 1. The van der Waals surface area contributed by atoms with Crippen molar-refractivity contribution in [1.82, 2.24) is 20.0 Å². The van der Waals surface area contributed by atoms with Crippen molar-refractivity contribution in [3.63, 3.8) is 0 Å². The zero-order valence-electron chi connectivity index (χ0n) is 16.0. The Kier molecular flexibility index (Phi) is 5.63. The average molecular weight is 447 g/mol. The van der Waals surface area contributed by atoms with Crippen molar-refractivity contribution in [2.75, 3.05) is 0 Å². The number of rotatable bonds is 7. The first kappa shape index (κ1) is 20.6. The van der Waals surface area contributed by atoms with Crippen LogP contribution in [0.25, 0.3) is 11.3 Å². The zero-order chi connectivity index (χ0) is 21.3. The van der Waals surface area contributed by atoms with Gasteiger partial charge in [0.15, 0.2) is 0 Å². The molecule has 1 aliphatic carbocycles. The summed E-state index contributed by atoms with van der Waals surface area (Å²) in [5, 5.41) is 5.35. The Bertz CT molecular complexity index is 1180. The molecule has 1 fully saturated rings. The second-order valence-electron chi connectivity index (χ2n) is 7.05. The van der Waals surface area contributed by atoms with Crippen LogP contribution in [-0.2, 0) is 10.0 Å². The third-order valence-electron chi connectivity index (χ3n) is 4.58. The third-order valence-corrected chi connectivity index (χ3v) is 7.14. The van der Waals surface area contributed by atoms with Gasteiger partial charge in [-0.15, -0.1) is 11.3 Å². The first-order valence-corrected chi connectivity index (χ1v) is 11.7. The number of halogens is 1. The van der Waals surface area contributed by atoms with E-state index in [9.17, 15) is 17.6 Å². The van der Waals surface area contributed by atoms with E-state index in [2.05, 4.69) is 20.0 Å². The molecule has 0 radical (unpaired) electrons. The van der Waals surface area contributed by atoms with Gasteiger partial charge in [0, 0.05) is 34.9 Å². The highest BCUT2D eigenvalue weighted by atomic mass is 32.2. The van der Waals surface area contributed by atoms with E-state index in [4.69, 9.17) is 0 Å². The van der Waals surface area contributed by atoms with Crippen LogP contribution in [0, 0.1) is 5.82 Å². The Hall–Kier alpha value is -2.69. The molecule has 0 bridgehead atoms. The number of benzene rings is 1. The molecule has 1 saturated carbocycles. The van der Waals surface area contributed by atoms with E-state index >= 15 is 0 Å². The van der Waals surface area contributed by atoms with Gasteiger partial charge >= 0.3 is 0 Å². The maximum atomic E-state index is 14.1. The second kappa shape index (κ2) is 8.21. The minimum atomic E-state index is -4.01. The van der Waals surface area contributed by atoms with E-state index < -0.39 is 32.7 Å². The summed E-state index contributed by atoms with van der Waals surface area (Å²) >= 11 is 1.39. The predicted octanol–water partition coefficient (Wildman–Crippen LogP) is 3.28. The molecule has 156 valence electrons. The first-order chi connectivity index (χ1) is 14.3. The van der Waals surface area contributed by atoms with Gasteiger partial charge in [-0.2, -0.15) is 0 Å². The monoisotopic (exact) mass is 446 g/mol. The number of sulfonamides is 1. The number of amides is 1. The van der Waals surface area contributed by atoms with Crippen molar-refractivity contribution < 1.29 is 17.6 Å². The van der Waals surface area contributed by atoms with Crippen LogP contribution in [0.4, 0.5) is 4.39 Å². The summed E-state index contributed by atoms with van der Waals surface area (Å²) in [6.07, 6.45) is 4.84. The van der Waals surface area contributed by atoms with Gasteiger partial charge < -0.3 is 5.32 Å². The lowest BCUT2D eigenvalue weighted by atomic mass is 10.2. The van der Waals surface area contributed by atoms with E-state index in [1.54, 1.807) is 19.3 Å². The summed E-state index contributed by atoms with van der Waals surface area (Å²) in [7, 11) is -4.01. The Balaban J connectivity index is 1.50. The van der Waals surface area contributed by atoms with Gasteiger partial charge in [-0.3, -0.25) is 9.78 Å². The Labute approximate surface area is 177 Å². The van der Waals surface area contributed by atoms with Gasteiger partial charge in [-0.1, -0.05) is 0 Å². The van der Waals surface area contributed by atoms with Crippen LogP contribution in [0.1, 0.15) is 41.2 Å². The number of nitrogens with zero attached hydrogens (tertiary/aromatic N) is 2. The fraction of sp³-hybridized carbons (Fsp3) is 0.250. The van der Waals surface area contributed by atoms with Gasteiger partial charge in [0.25, 0.3) is 5.91 Å². The molecule has 1 unspecified atom stereocenters. The standard InChI is InChI=1S/C20H19FN4O3S2/c1-12(20-24-17(11-29-20)14-3-2-8-22-10-14)23-19(26)13-4-7-16(21)18(9-13)30(27,28)25-15-5-6-15/h2-4,7-12,15,25H,5-6H2,1H3,(H,23,26). The van der Waals surface area contributed by atoms with Crippen LogP contribution in [0.3, 0.4) is 0 Å². The largest absolute Gasteiger partial charge is 0.343 e. The fourth-order valence-corrected chi connectivity index (χ4v) is 5.05. The van der Waals surface area contributed by atoms with Gasteiger partial charge in [0.1, 0.15) is 15.7 Å². The molecular formula is C20H19FN4O3S2. The summed E-state index contributed by atoms with van der Waals surface area (Å²) in [6, 6.07) is 6.45. The Morgan fingerprint density at radius 1 is 1.30 bits per heavy atom. The number of hydrogen-bond donors (Lipinski definition) is 2. The lowest BCUT2D eigenvalue weighted by molar-refractivity contribution is 0.0939. The number of aromatic nitrogens is 2. The van der Waals surface area contributed by atoms with Crippen LogP contribution in [-0.4, -0.2) is 30.3 Å². The van der Waals surface area contributed by atoms with E-state index in [1.807, 2.05) is 17.5 Å². The molecule has 2 heterocycles. The highest BCUT2D eigenvalue weighted by molar-refractivity contribution is 7.89.